The Morgan fingerprint density at radius 3 is 2.62 bits per heavy atom. The molecule has 1 rings (SSSR count). The zero-order chi connectivity index (χ0) is 25.7. The Balaban J connectivity index is 2.67. The van der Waals surface area contributed by atoms with Crippen LogP contribution in [0.3, 0.4) is 0 Å². The lowest BCUT2D eigenvalue weighted by Gasteiger charge is -2.36. The summed E-state index contributed by atoms with van der Waals surface area (Å²) in [5, 5.41) is 2.59. The second-order valence-corrected chi connectivity index (χ2v) is 9.75. The summed E-state index contributed by atoms with van der Waals surface area (Å²) in [4.78, 5) is 5.95. The van der Waals surface area contributed by atoms with Crippen molar-refractivity contribution in [1.29, 1.82) is 0 Å². The Morgan fingerprint density at radius 2 is 2.06 bits per heavy atom. The van der Waals surface area contributed by atoms with Crippen molar-refractivity contribution in [3.63, 3.8) is 0 Å². The lowest BCUT2D eigenvalue weighted by Crippen LogP contribution is -2.44. The average Bonchev–Trinajstić information content (AvgIpc) is 2.80. The van der Waals surface area contributed by atoms with Crippen molar-refractivity contribution in [1.82, 2.24) is 10.2 Å². The van der Waals surface area contributed by atoms with Crippen LogP contribution >= 0.6 is 11.8 Å². The fraction of sp³-hybridized carbons (Fsp3) is 0.739. The SMILES string of the molecule is C/C=C(\C=C/C(C)SC(F)F)C(OC)C(CF)N/C=C(\N)CCN(C)C1CC(C)OC(OF)C1. The van der Waals surface area contributed by atoms with Gasteiger partial charge in [-0.05, 0) is 44.3 Å². The normalized spacial score (nSPS) is 25.2. The number of nitrogens with one attached hydrogen (secondary N) is 1. The van der Waals surface area contributed by atoms with E-state index in [2.05, 4.69) is 15.2 Å². The molecule has 0 aromatic rings. The molecule has 0 bridgehead atoms. The summed E-state index contributed by atoms with van der Waals surface area (Å²) in [7, 11) is 3.40. The van der Waals surface area contributed by atoms with E-state index in [1.165, 1.54) is 7.11 Å². The Bertz CT molecular complexity index is 669. The summed E-state index contributed by atoms with van der Waals surface area (Å²) in [6.07, 6.45) is 6.74. The molecule has 0 saturated carbocycles. The molecule has 11 heteroatoms. The molecule has 0 aromatic carbocycles. The lowest BCUT2D eigenvalue weighted by molar-refractivity contribution is -0.304. The number of rotatable bonds is 15. The van der Waals surface area contributed by atoms with E-state index < -0.39 is 36.1 Å². The molecule has 1 saturated heterocycles. The summed E-state index contributed by atoms with van der Waals surface area (Å²) >= 11 is 0.533. The lowest BCUT2D eigenvalue weighted by atomic mass is 10.0. The number of ether oxygens (including phenoxy) is 2. The van der Waals surface area contributed by atoms with Gasteiger partial charge in [0.15, 0.2) is 6.29 Å². The van der Waals surface area contributed by atoms with E-state index in [4.69, 9.17) is 15.2 Å². The topological polar surface area (TPSA) is 69.0 Å². The van der Waals surface area contributed by atoms with E-state index in [1.54, 1.807) is 38.3 Å². The summed E-state index contributed by atoms with van der Waals surface area (Å²) in [6.45, 7) is 5.22. The molecular formula is C23H39F4N3O3S. The maximum absolute atomic E-state index is 13.8. The average molecular weight is 514 g/mol. The number of alkyl halides is 3. The number of methoxy groups -OCH3 is 1. The third kappa shape index (κ3) is 11.0. The Hall–Kier alpha value is -1.27. The molecule has 6 atom stereocenters. The van der Waals surface area contributed by atoms with Crippen molar-refractivity contribution in [3.05, 3.63) is 35.7 Å². The predicted octanol–water partition coefficient (Wildman–Crippen LogP) is 4.69. The molecule has 0 aromatic heterocycles. The number of hydrogen-bond donors (Lipinski definition) is 2. The molecule has 198 valence electrons. The molecule has 0 amide bonds. The molecule has 6 unspecified atom stereocenters. The van der Waals surface area contributed by atoms with Gasteiger partial charge in [-0.15, -0.1) is 0 Å². The smallest absolute Gasteiger partial charge is 0.285 e. The van der Waals surface area contributed by atoms with Crippen molar-refractivity contribution in [2.45, 2.75) is 81.6 Å². The van der Waals surface area contributed by atoms with Gasteiger partial charge in [-0.3, -0.25) is 0 Å². The van der Waals surface area contributed by atoms with Gasteiger partial charge in [0.1, 0.15) is 12.8 Å². The van der Waals surface area contributed by atoms with Gasteiger partial charge in [0, 0.05) is 49.7 Å². The Morgan fingerprint density at radius 1 is 1.35 bits per heavy atom. The zero-order valence-corrected chi connectivity index (χ0v) is 21.4. The molecule has 0 aliphatic carbocycles. The number of nitrogens with zero attached hydrogens (tertiary/aromatic N) is 1. The van der Waals surface area contributed by atoms with Gasteiger partial charge in [-0.1, -0.05) is 30.0 Å². The Labute approximate surface area is 204 Å². The molecule has 1 aliphatic rings. The molecule has 1 fully saturated rings. The largest absolute Gasteiger partial charge is 0.401 e. The van der Waals surface area contributed by atoms with Crippen LogP contribution in [0.4, 0.5) is 17.7 Å². The van der Waals surface area contributed by atoms with E-state index in [0.717, 1.165) is 6.42 Å². The second-order valence-electron chi connectivity index (χ2n) is 8.37. The third-order valence-corrected chi connectivity index (χ3v) is 6.53. The monoisotopic (exact) mass is 513 g/mol. The van der Waals surface area contributed by atoms with Crippen LogP contribution in [-0.4, -0.2) is 73.9 Å². The van der Waals surface area contributed by atoms with Crippen LogP contribution in [-0.2, 0) is 14.4 Å². The maximum Gasteiger partial charge on any atom is 0.285 e. The fourth-order valence-corrected chi connectivity index (χ4v) is 4.31. The summed E-state index contributed by atoms with van der Waals surface area (Å²) in [5.41, 5.74) is 7.32. The molecule has 1 heterocycles. The highest BCUT2D eigenvalue weighted by atomic mass is 32.2. The highest BCUT2D eigenvalue weighted by molar-refractivity contribution is 8.00. The van der Waals surface area contributed by atoms with Crippen LogP contribution in [0.2, 0.25) is 0 Å². The minimum Gasteiger partial charge on any atom is -0.401 e. The standard InChI is InChI=1S/C23H39F4N3O3S/c1-6-17(8-7-16(3)34-23(25)26)22(31-5)20(13-24)29-14-18(28)9-10-30(4)19-11-15(2)32-21(12-19)33-27/h6-8,14-16,19-23,29H,9-13,28H2,1-5H3/b8-7-,17-6+,18-14-. The van der Waals surface area contributed by atoms with Crippen LogP contribution in [0.15, 0.2) is 35.7 Å². The highest BCUT2D eigenvalue weighted by Crippen LogP contribution is 2.25. The van der Waals surface area contributed by atoms with Crippen molar-refractivity contribution in [3.8, 4) is 0 Å². The van der Waals surface area contributed by atoms with Gasteiger partial charge in [-0.25, -0.2) is 4.39 Å². The number of thioether (sulfide) groups is 1. The molecular weight excluding hydrogens is 474 g/mol. The zero-order valence-electron chi connectivity index (χ0n) is 20.6. The molecule has 0 spiro atoms. The summed E-state index contributed by atoms with van der Waals surface area (Å²) < 4.78 is 62.3. The van der Waals surface area contributed by atoms with E-state index in [9.17, 15) is 17.7 Å². The number of nitrogens with two attached hydrogens (primary N) is 1. The maximum atomic E-state index is 13.8. The molecule has 6 nitrogen and oxygen atoms in total. The first-order chi connectivity index (χ1) is 16.1. The second kappa shape index (κ2) is 16.4. The van der Waals surface area contributed by atoms with Crippen LogP contribution in [0, 0.1) is 0 Å². The van der Waals surface area contributed by atoms with Crippen LogP contribution in [0.5, 0.6) is 0 Å². The van der Waals surface area contributed by atoms with Crippen molar-refractivity contribution < 1.29 is 32.1 Å². The minimum atomic E-state index is -2.47. The summed E-state index contributed by atoms with van der Waals surface area (Å²) in [5.74, 6) is -2.47. The number of halogens is 4. The number of hydrogen-bond acceptors (Lipinski definition) is 7. The van der Waals surface area contributed by atoms with E-state index in [1.807, 2.05) is 14.0 Å². The van der Waals surface area contributed by atoms with Crippen LogP contribution < -0.4 is 11.1 Å². The van der Waals surface area contributed by atoms with Gasteiger partial charge in [0.25, 0.3) is 5.76 Å². The molecule has 3 N–H and O–H groups in total. The Kier molecular flexibility index (Phi) is 14.8. The quantitative estimate of drug-likeness (QED) is 0.243. The molecule has 0 radical (unpaired) electrons. The van der Waals surface area contributed by atoms with E-state index in [0.29, 0.717) is 42.4 Å². The number of allylic oxidation sites excluding steroid dienone is 1. The van der Waals surface area contributed by atoms with Crippen LogP contribution in [0.1, 0.15) is 40.0 Å². The summed E-state index contributed by atoms with van der Waals surface area (Å²) in [6, 6.07) is -0.620. The minimum absolute atomic E-state index is 0.0939. The highest BCUT2D eigenvalue weighted by Gasteiger charge is 2.30. The first kappa shape index (κ1) is 30.8. The van der Waals surface area contributed by atoms with Crippen molar-refractivity contribution in [2.75, 3.05) is 27.4 Å². The van der Waals surface area contributed by atoms with Gasteiger partial charge in [0.2, 0.25) is 0 Å². The van der Waals surface area contributed by atoms with Gasteiger partial charge in [-0.2, -0.15) is 13.7 Å². The van der Waals surface area contributed by atoms with Crippen molar-refractivity contribution in [2.24, 2.45) is 5.73 Å². The fourth-order valence-electron chi connectivity index (χ4n) is 3.82. The van der Waals surface area contributed by atoms with Gasteiger partial charge >= 0.3 is 0 Å². The van der Waals surface area contributed by atoms with Gasteiger partial charge < -0.3 is 25.4 Å². The predicted molar refractivity (Wildman–Crippen MR) is 129 cm³/mol. The first-order valence-electron chi connectivity index (χ1n) is 11.3. The molecule has 34 heavy (non-hydrogen) atoms. The molecule has 1 aliphatic heterocycles. The van der Waals surface area contributed by atoms with E-state index in [-0.39, 0.29) is 12.1 Å². The first-order valence-corrected chi connectivity index (χ1v) is 12.3. The van der Waals surface area contributed by atoms with Crippen LogP contribution in [0.25, 0.3) is 0 Å². The van der Waals surface area contributed by atoms with Gasteiger partial charge in [0.05, 0.1) is 12.1 Å². The third-order valence-electron chi connectivity index (χ3n) is 5.74. The van der Waals surface area contributed by atoms with E-state index >= 15 is 0 Å². The van der Waals surface area contributed by atoms with Crippen molar-refractivity contribution >= 4 is 11.8 Å².